The number of hydrogen-bond donors (Lipinski definition) is 8. The first kappa shape index (κ1) is 102. The molecule has 0 saturated heterocycles. The summed E-state index contributed by atoms with van der Waals surface area (Å²) in [4.78, 5) is 127. The van der Waals surface area contributed by atoms with Crippen LogP contribution < -0.4 is 0 Å². The average Bonchev–Trinajstić information content (AvgIpc) is 1.77. The SMILES string of the molecule is O=C(O)c1cccc2nc(-c3ccc(Cl)cc3)oc12.O=C(O)c1cccc2nc(-c3cccc(Cl)c3)oc12.O=C(O)c1cccc2oc(-c3ccc(Cl)cc3)nc12.O=C(O)c1cccc2oc(-c3cccc(Cl)c3)nc12.O=C(O)c1cccc2oc(-c3ccccc3)nc12.O=C(O)c1cccc2oc(-c3ccccc3Cl)nc12.O=C(O)c1cccc2oc(-c3ccccc3F)nc12.O=C(O)c1cccc2oc(-c3cccnc3)nc12. The van der Waals surface area contributed by atoms with Gasteiger partial charge in [0.25, 0.3) is 0 Å². The minimum atomic E-state index is -1.10. The van der Waals surface area contributed by atoms with Crippen LogP contribution in [0.15, 0.2) is 381 Å². The molecule has 0 radical (unpaired) electrons. The normalized spacial score (nSPS) is 10.8. The van der Waals surface area contributed by atoms with E-state index < -0.39 is 53.6 Å². The van der Waals surface area contributed by atoms with Gasteiger partial charge in [0.15, 0.2) is 44.7 Å². The Kier molecular flexibility index (Phi) is 30.9. The molecule has 9 aromatic heterocycles. The highest BCUT2D eigenvalue weighted by molar-refractivity contribution is 6.33. The van der Waals surface area contributed by atoms with Crippen LogP contribution in [0.3, 0.4) is 0 Å². The second kappa shape index (κ2) is 45.5. The highest BCUT2D eigenvalue weighted by Crippen LogP contribution is 2.38. The monoisotopic (exact) mass is 2100 g/mol. The first-order valence-corrected chi connectivity index (χ1v) is 45.9. The molecule has 150 heavy (non-hydrogen) atoms. The first-order valence-electron chi connectivity index (χ1n) is 44.0. The first-order chi connectivity index (χ1) is 72.4. The van der Waals surface area contributed by atoms with Crippen molar-refractivity contribution in [3.05, 3.63) is 421 Å². The fourth-order valence-corrected chi connectivity index (χ4v) is 15.5. The number of nitrogens with zero attached hydrogens (tertiary/aromatic N) is 9. The predicted molar refractivity (Wildman–Crippen MR) is 554 cm³/mol. The summed E-state index contributed by atoms with van der Waals surface area (Å²) in [6.45, 7) is 0. The van der Waals surface area contributed by atoms with Crippen LogP contribution in [0.25, 0.3) is 180 Å². The number of fused-ring (bicyclic) bond motifs is 8. The summed E-state index contributed by atoms with van der Waals surface area (Å²) in [5.74, 6) is -6.13. The summed E-state index contributed by atoms with van der Waals surface area (Å²) in [5, 5.41) is 75.6. The number of aromatic carboxylic acids is 8. The van der Waals surface area contributed by atoms with E-state index in [9.17, 15) is 42.7 Å². The molecule has 0 amide bonds. The Hall–Kier alpha value is -19.7. The van der Waals surface area contributed by atoms with Crippen molar-refractivity contribution in [1.29, 1.82) is 0 Å². The number of carboxylic acids is 8. The third-order valence-electron chi connectivity index (χ3n) is 21.7. The lowest BCUT2D eigenvalue weighted by atomic mass is 10.2. The van der Waals surface area contributed by atoms with E-state index in [1.165, 1.54) is 60.7 Å². The van der Waals surface area contributed by atoms with Gasteiger partial charge in [-0.15, -0.1) is 0 Å². The zero-order valence-corrected chi connectivity index (χ0v) is 80.1. The highest BCUT2D eigenvalue weighted by Gasteiger charge is 2.26. The number of pyridine rings is 1. The Bertz CT molecular complexity index is 8720. The summed E-state index contributed by atoms with van der Waals surface area (Å²) in [5.41, 5.74) is 12.2. The molecule has 9 heterocycles. The fourth-order valence-electron chi connectivity index (χ4n) is 14.7. The molecule has 0 saturated carbocycles. The topological polar surface area (TPSA) is 520 Å². The standard InChI is InChI=1S/5C14H8ClNO3.C14H8FNO3.C14H9NO3.C13H8N2O3/c15-9-4-1-3-8(7-9)13-16-12-10(14(17)18)5-2-6-11(12)19-13;15-9-4-1-3-8(7-9)13-16-11-6-2-5-10(14(17)18)12(11)19-13;15-10-6-2-1-4-8(10)13-16-12-9(14(17)18)5-3-7-11(12)19-13;15-9-6-4-8(5-7-9)13-16-12-10(14(17)18)2-1-3-11(12)19-13;15-9-6-4-8(5-7-9)13-16-11-3-1-2-10(14(17)18)12(11)19-13;15-10-6-2-1-4-8(10)13-16-12-9(14(17)18)5-3-7-11(12)19-13;16-14(17)10-7-4-8-11-12(10)15-13(18-11)9-5-2-1-3-6-9;16-13(17)9-4-1-5-10-11(9)15-12(18-10)8-3-2-6-14-7-8/h6*1-7H,(H,17,18);1-8H,(H,16,17);1-7H,(H,16,17). The predicted octanol–water partition coefficient (Wildman–Crippen LogP) is 28.3. The van der Waals surface area contributed by atoms with Gasteiger partial charge in [-0.25, -0.2) is 82.6 Å². The Morgan fingerprint density at radius 3 is 0.827 bits per heavy atom. The van der Waals surface area contributed by atoms with Crippen molar-refractivity contribution < 1.29 is 119 Å². The maximum atomic E-state index is 13.6. The zero-order valence-electron chi connectivity index (χ0n) is 76.3. The van der Waals surface area contributed by atoms with Crippen LogP contribution in [0.5, 0.6) is 0 Å². The largest absolute Gasteiger partial charge is 0.478 e. The van der Waals surface area contributed by atoms with Crippen molar-refractivity contribution in [3.63, 3.8) is 0 Å². The van der Waals surface area contributed by atoms with Crippen molar-refractivity contribution >= 4 is 195 Å². The van der Waals surface area contributed by atoms with Crippen LogP contribution in [0.2, 0.25) is 25.1 Å². The van der Waals surface area contributed by atoms with Gasteiger partial charge >= 0.3 is 47.8 Å². The van der Waals surface area contributed by atoms with Crippen LogP contribution >= 0.6 is 58.0 Å². The van der Waals surface area contributed by atoms with Gasteiger partial charge in [0.1, 0.15) is 61.1 Å². The van der Waals surface area contributed by atoms with Gasteiger partial charge in [-0.3, -0.25) is 4.98 Å². The fraction of sp³-hybridized carbons (Fsp3) is 0. The molecule has 740 valence electrons. The molecule has 0 aliphatic heterocycles. The third kappa shape index (κ3) is 23.4. The van der Waals surface area contributed by atoms with Crippen molar-refractivity contribution in [2.75, 3.05) is 0 Å². The van der Waals surface area contributed by atoms with Gasteiger partial charge < -0.3 is 76.2 Å². The third-order valence-corrected chi connectivity index (χ3v) is 23.0. The van der Waals surface area contributed by atoms with Crippen LogP contribution in [-0.4, -0.2) is 133 Å². The van der Waals surface area contributed by atoms with E-state index in [0.29, 0.717) is 161 Å². The summed E-state index contributed by atoms with van der Waals surface area (Å²) in [7, 11) is 0. The molecule has 0 unspecified atom stereocenters. The number of carboxylic acid groups (broad SMARTS) is 8. The molecule has 0 fully saturated rings. The molecule has 15 aromatic carbocycles. The minimum Gasteiger partial charge on any atom is -0.478 e. The second-order valence-electron chi connectivity index (χ2n) is 31.4. The summed E-state index contributed by atoms with van der Waals surface area (Å²) in [6, 6.07) is 92.5. The number of carbonyl (C=O) groups is 8. The molecular weight excluding hydrogens is 2040 g/mol. The van der Waals surface area contributed by atoms with Gasteiger partial charge in [0, 0.05) is 60.3 Å². The number of oxazole rings is 8. The van der Waals surface area contributed by atoms with Crippen molar-refractivity contribution in [1.82, 2.24) is 44.9 Å². The molecule has 33 nitrogen and oxygen atoms in total. The number of halogens is 6. The van der Waals surface area contributed by atoms with Gasteiger partial charge in [-0.05, 0) is 231 Å². The van der Waals surface area contributed by atoms with Gasteiger partial charge in [-0.1, -0.05) is 161 Å². The van der Waals surface area contributed by atoms with Gasteiger partial charge in [0.05, 0.1) is 55.1 Å². The molecule has 0 aliphatic carbocycles. The maximum Gasteiger partial charge on any atom is 0.339 e. The van der Waals surface area contributed by atoms with Crippen molar-refractivity contribution in [2.45, 2.75) is 0 Å². The smallest absolute Gasteiger partial charge is 0.339 e. The average molecular weight is 2110 g/mol. The lowest BCUT2D eigenvalue weighted by molar-refractivity contribution is 0.0687. The van der Waals surface area contributed by atoms with Crippen molar-refractivity contribution in [2.24, 2.45) is 0 Å². The van der Waals surface area contributed by atoms with Gasteiger partial charge in [-0.2, -0.15) is 0 Å². The molecule has 39 heteroatoms. The quantitative estimate of drug-likeness (QED) is 0.0445. The molecule has 8 N–H and O–H groups in total. The minimum absolute atomic E-state index is 0.0313. The lowest BCUT2D eigenvalue weighted by Gasteiger charge is -1.96. The van der Waals surface area contributed by atoms with E-state index in [2.05, 4.69) is 44.9 Å². The second-order valence-corrected chi connectivity index (χ2v) is 33.6. The molecule has 24 aromatic rings. The maximum absolute atomic E-state index is 13.6. The molecule has 0 aliphatic rings. The molecule has 0 atom stereocenters. The lowest BCUT2D eigenvalue weighted by Crippen LogP contribution is -1.96. The summed E-state index contributed by atoms with van der Waals surface area (Å²) in [6.07, 6.45) is 3.26. The molecule has 0 spiro atoms. The van der Waals surface area contributed by atoms with Crippen molar-refractivity contribution in [3.8, 4) is 91.6 Å². The Morgan fingerprint density at radius 1 is 0.220 bits per heavy atom. The summed E-state index contributed by atoms with van der Waals surface area (Å²) < 4.78 is 58.0. The molecule has 24 rings (SSSR count). The van der Waals surface area contributed by atoms with Crippen LogP contribution in [0, 0.1) is 5.82 Å². The van der Waals surface area contributed by atoms with E-state index in [4.69, 9.17) is 134 Å². The van der Waals surface area contributed by atoms with E-state index in [-0.39, 0.29) is 72.6 Å². The highest BCUT2D eigenvalue weighted by atomic mass is 35.5. The van der Waals surface area contributed by atoms with E-state index in [0.717, 1.165) is 16.7 Å². The molecule has 0 bridgehead atoms. The van der Waals surface area contributed by atoms with E-state index >= 15 is 0 Å². The molecular formula is C111H65Cl5FN9O24. The van der Waals surface area contributed by atoms with Crippen LogP contribution in [0.4, 0.5) is 4.39 Å². The Balaban J connectivity index is 0.000000117. The number of rotatable bonds is 16. The van der Waals surface area contributed by atoms with Gasteiger partial charge in [0.2, 0.25) is 47.1 Å². The van der Waals surface area contributed by atoms with E-state index in [1.807, 2.05) is 36.4 Å². The number of aromatic nitrogens is 9. The van der Waals surface area contributed by atoms with E-state index in [1.54, 1.807) is 249 Å². The summed E-state index contributed by atoms with van der Waals surface area (Å²) >= 11 is 29.5. The zero-order chi connectivity index (χ0) is 106. The number of para-hydroxylation sites is 8. The Morgan fingerprint density at radius 2 is 0.487 bits per heavy atom. The Labute approximate surface area is 865 Å². The number of benzene rings is 15. The van der Waals surface area contributed by atoms with Crippen LogP contribution in [0.1, 0.15) is 82.9 Å². The van der Waals surface area contributed by atoms with Crippen LogP contribution in [-0.2, 0) is 0 Å². The number of hydrogen-bond acceptors (Lipinski definition) is 25.